The Morgan fingerprint density at radius 1 is 1.10 bits per heavy atom. The highest BCUT2D eigenvalue weighted by atomic mass is 32.2. The first kappa shape index (κ1) is 19.5. The van der Waals surface area contributed by atoms with E-state index in [4.69, 9.17) is 9.15 Å². The lowest BCUT2D eigenvalue weighted by Crippen LogP contribution is -2.20. The minimum atomic E-state index is -0.650. The van der Waals surface area contributed by atoms with Crippen molar-refractivity contribution in [3.63, 3.8) is 0 Å². The molecule has 0 aliphatic carbocycles. The van der Waals surface area contributed by atoms with Gasteiger partial charge in [-0.25, -0.2) is 0 Å². The molecule has 4 aromatic rings. The van der Waals surface area contributed by atoms with Gasteiger partial charge in [0.1, 0.15) is 12.4 Å². The summed E-state index contributed by atoms with van der Waals surface area (Å²) in [5.74, 6) is 1.70. The zero-order valence-electron chi connectivity index (χ0n) is 16.6. The van der Waals surface area contributed by atoms with Crippen LogP contribution in [0.1, 0.15) is 16.7 Å². The largest absolute Gasteiger partial charge is 0.490 e. The van der Waals surface area contributed by atoms with E-state index in [0.717, 1.165) is 33.3 Å². The fourth-order valence-corrected chi connectivity index (χ4v) is 3.84. The topological polar surface area (TPSA) is 84.2 Å². The Kier molecular flexibility index (Phi) is 5.60. The highest BCUT2D eigenvalue weighted by molar-refractivity contribution is 7.99. The van der Waals surface area contributed by atoms with Crippen LogP contribution in [-0.4, -0.2) is 38.8 Å². The predicted octanol–water partition coefficient (Wildman–Crippen LogP) is 4.68. The average Bonchev–Trinajstić information content (AvgIpc) is 3.36. The van der Waals surface area contributed by atoms with E-state index >= 15 is 0 Å². The van der Waals surface area contributed by atoms with Crippen LogP contribution in [0.5, 0.6) is 5.75 Å². The van der Waals surface area contributed by atoms with E-state index in [-0.39, 0.29) is 6.61 Å². The first-order valence-corrected chi connectivity index (χ1v) is 10.4. The third kappa shape index (κ3) is 4.16. The number of nitrogens with zero attached hydrogens (tertiary/aromatic N) is 2. The fraction of sp³-hybridized carbons (Fsp3) is 0.273. The van der Waals surface area contributed by atoms with Gasteiger partial charge in [-0.2, -0.15) is 0 Å². The lowest BCUT2D eigenvalue weighted by Gasteiger charge is -2.16. The molecule has 2 N–H and O–H groups in total. The molecule has 2 aromatic heterocycles. The van der Waals surface area contributed by atoms with Crippen molar-refractivity contribution < 1.29 is 14.3 Å². The number of aromatic nitrogens is 3. The minimum absolute atomic E-state index is 0.210. The molecule has 0 bridgehead atoms. The highest BCUT2D eigenvalue weighted by Gasteiger charge is 2.16. The summed E-state index contributed by atoms with van der Waals surface area (Å²) in [6, 6.07) is 12.1. The summed E-state index contributed by atoms with van der Waals surface area (Å²) in [5, 5.41) is 20.0. The van der Waals surface area contributed by atoms with Crippen molar-refractivity contribution in [3.8, 4) is 17.2 Å². The molecule has 1 atom stereocenters. The molecule has 0 spiro atoms. The van der Waals surface area contributed by atoms with Crippen LogP contribution in [0.15, 0.2) is 52.2 Å². The number of nitrogens with one attached hydrogen (secondary N) is 1. The molecular formula is C22H23N3O3S. The molecule has 6 nitrogen and oxygen atoms in total. The van der Waals surface area contributed by atoms with E-state index in [1.54, 1.807) is 0 Å². The van der Waals surface area contributed by atoms with Gasteiger partial charge in [0.15, 0.2) is 0 Å². The SMILES string of the molecule is Cc1ccc(C)c(OC[C@H](O)CSc2nnc(-c3c[nH]c4ccccc34)o2)c1C. The quantitative estimate of drug-likeness (QED) is 0.431. The molecule has 4 rings (SSSR count). The van der Waals surface area contributed by atoms with Gasteiger partial charge in [-0.1, -0.05) is 42.1 Å². The summed E-state index contributed by atoms with van der Waals surface area (Å²) in [6.45, 7) is 6.30. The van der Waals surface area contributed by atoms with Crippen LogP contribution >= 0.6 is 11.8 Å². The van der Waals surface area contributed by atoms with Crippen LogP contribution in [0.4, 0.5) is 0 Å². The van der Waals surface area contributed by atoms with Gasteiger partial charge in [0.25, 0.3) is 11.1 Å². The number of hydrogen-bond acceptors (Lipinski definition) is 6. The van der Waals surface area contributed by atoms with Crippen LogP contribution in [0.3, 0.4) is 0 Å². The Labute approximate surface area is 173 Å². The van der Waals surface area contributed by atoms with Crippen LogP contribution in [0.25, 0.3) is 22.4 Å². The minimum Gasteiger partial charge on any atom is -0.490 e. The number of hydrogen-bond donors (Lipinski definition) is 2. The summed E-state index contributed by atoms with van der Waals surface area (Å²) in [4.78, 5) is 3.20. The Hall–Kier alpha value is -2.77. The maximum Gasteiger partial charge on any atom is 0.276 e. The van der Waals surface area contributed by atoms with Crippen LogP contribution in [0, 0.1) is 20.8 Å². The number of aliphatic hydroxyl groups excluding tert-OH is 1. The van der Waals surface area contributed by atoms with Gasteiger partial charge in [-0.3, -0.25) is 0 Å². The zero-order chi connectivity index (χ0) is 20.4. The average molecular weight is 410 g/mol. The molecule has 29 heavy (non-hydrogen) atoms. The molecule has 2 heterocycles. The predicted molar refractivity (Wildman–Crippen MR) is 114 cm³/mol. The monoisotopic (exact) mass is 409 g/mol. The van der Waals surface area contributed by atoms with Crippen molar-refractivity contribution in [2.75, 3.05) is 12.4 Å². The normalized spacial score (nSPS) is 12.4. The van der Waals surface area contributed by atoms with Gasteiger partial charge in [-0.15, -0.1) is 10.2 Å². The zero-order valence-corrected chi connectivity index (χ0v) is 17.4. The standard InChI is InChI=1S/C22H23N3O3S/c1-13-8-9-14(2)20(15(13)3)27-11-16(26)12-29-22-25-24-21(28-22)18-10-23-19-7-5-4-6-17(18)19/h4-10,16,23,26H,11-12H2,1-3H3/t16-/m0/s1. The molecule has 0 aliphatic rings. The van der Waals surface area contributed by atoms with Crippen LogP contribution in [0.2, 0.25) is 0 Å². The van der Waals surface area contributed by atoms with E-state index in [1.165, 1.54) is 17.3 Å². The van der Waals surface area contributed by atoms with Gasteiger partial charge in [0.05, 0.1) is 11.7 Å². The summed E-state index contributed by atoms with van der Waals surface area (Å²) in [6.07, 6.45) is 1.21. The van der Waals surface area contributed by atoms with E-state index in [1.807, 2.05) is 50.4 Å². The molecule has 7 heteroatoms. The molecule has 0 saturated carbocycles. The van der Waals surface area contributed by atoms with E-state index in [9.17, 15) is 5.11 Å². The number of H-pyrrole nitrogens is 1. The molecule has 0 fully saturated rings. The fourth-order valence-electron chi connectivity index (χ4n) is 3.17. The summed E-state index contributed by atoms with van der Waals surface area (Å²) in [5.41, 5.74) is 5.22. The smallest absolute Gasteiger partial charge is 0.276 e. The van der Waals surface area contributed by atoms with Gasteiger partial charge in [0.2, 0.25) is 0 Å². The van der Waals surface area contributed by atoms with Crippen molar-refractivity contribution in [3.05, 3.63) is 59.3 Å². The van der Waals surface area contributed by atoms with Crippen molar-refractivity contribution in [2.45, 2.75) is 32.1 Å². The number of thioether (sulfide) groups is 1. The van der Waals surface area contributed by atoms with Crippen molar-refractivity contribution >= 4 is 22.7 Å². The van der Waals surface area contributed by atoms with E-state index in [2.05, 4.69) is 28.2 Å². The number of fused-ring (bicyclic) bond motifs is 1. The number of aryl methyl sites for hydroxylation is 2. The molecule has 2 aromatic carbocycles. The summed E-state index contributed by atoms with van der Waals surface area (Å²) >= 11 is 1.32. The van der Waals surface area contributed by atoms with Crippen LogP contribution < -0.4 is 4.74 Å². The highest BCUT2D eigenvalue weighted by Crippen LogP contribution is 2.30. The molecule has 0 saturated heterocycles. The molecule has 0 aliphatic heterocycles. The first-order valence-electron chi connectivity index (χ1n) is 9.43. The number of aliphatic hydroxyl groups is 1. The molecule has 150 valence electrons. The van der Waals surface area contributed by atoms with E-state index < -0.39 is 6.10 Å². The number of para-hydroxylation sites is 1. The lowest BCUT2D eigenvalue weighted by atomic mass is 10.1. The lowest BCUT2D eigenvalue weighted by molar-refractivity contribution is 0.125. The second-order valence-electron chi connectivity index (χ2n) is 7.05. The summed E-state index contributed by atoms with van der Waals surface area (Å²) in [7, 11) is 0. The third-order valence-corrected chi connectivity index (χ3v) is 5.88. The van der Waals surface area contributed by atoms with Gasteiger partial charge >= 0.3 is 0 Å². The molecule has 0 unspecified atom stereocenters. The van der Waals surface area contributed by atoms with E-state index in [0.29, 0.717) is 16.9 Å². The van der Waals surface area contributed by atoms with Gasteiger partial charge in [-0.05, 0) is 43.5 Å². The molecular weight excluding hydrogens is 386 g/mol. The number of aromatic amines is 1. The van der Waals surface area contributed by atoms with Crippen molar-refractivity contribution in [1.29, 1.82) is 0 Å². The maximum absolute atomic E-state index is 10.3. The van der Waals surface area contributed by atoms with Crippen molar-refractivity contribution in [2.24, 2.45) is 0 Å². The Morgan fingerprint density at radius 3 is 2.76 bits per heavy atom. The Morgan fingerprint density at radius 2 is 1.90 bits per heavy atom. The third-order valence-electron chi connectivity index (χ3n) is 4.92. The van der Waals surface area contributed by atoms with Gasteiger partial charge < -0.3 is 19.2 Å². The second-order valence-corrected chi connectivity index (χ2v) is 8.02. The molecule has 0 radical (unpaired) electrons. The second kappa shape index (κ2) is 8.31. The van der Waals surface area contributed by atoms with Crippen LogP contribution in [-0.2, 0) is 0 Å². The number of rotatable bonds is 7. The first-order chi connectivity index (χ1) is 14.0. The van der Waals surface area contributed by atoms with Gasteiger partial charge in [0, 0.05) is 22.9 Å². The Balaban J connectivity index is 1.36. The maximum atomic E-state index is 10.3. The van der Waals surface area contributed by atoms with Crippen molar-refractivity contribution in [1.82, 2.24) is 15.2 Å². The summed E-state index contributed by atoms with van der Waals surface area (Å²) < 4.78 is 11.6. The number of benzene rings is 2. The Bertz CT molecular complexity index is 1140. The molecule has 0 amide bonds. The number of ether oxygens (including phenoxy) is 1.